The predicted molar refractivity (Wildman–Crippen MR) is 71.2 cm³/mol. The zero-order valence-corrected chi connectivity index (χ0v) is 11.8. The Kier molecular flexibility index (Phi) is 4.06. The summed E-state index contributed by atoms with van der Waals surface area (Å²) in [4.78, 5) is 27.9. The molecule has 110 valence electrons. The molecule has 20 heavy (non-hydrogen) atoms. The van der Waals surface area contributed by atoms with Gasteiger partial charge < -0.3 is 10.4 Å². The van der Waals surface area contributed by atoms with Crippen LogP contribution in [0.1, 0.15) is 56.0 Å². The summed E-state index contributed by atoms with van der Waals surface area (Å²) < 4.78 is 0. The van der Waals surface area contributed by atoms with Gasteiger partial charge in [0.1, 0.15) is 11.4 Å². The number of amides is 1. The largest absolute Gasteiger partial charge is 0.479 e. The lowest BCUT2D eigenvalue weighted by atomic mass is 9.73. The van der Waals surface area contributed by atoms with E-state index in [4.69, 9.17) is 0 Å². The molecule has 1 aliphatic rings. The van der Waals surface area contributed by atoms with E-state index in [-0.39, 0.29) is 11.7 Å². The smallest absolute Gasteiger partial charge is 0.329 e. The number of H-pyrrole nitrogens is 1. The average molecular weight is 280 g/mol. The van der Waals surface area contributed by atoms with Gasteiger partial charge in [-0.2, -0.15) is 0 Å². The van der Waals surface area contributed by atoms with E-state index >= 15 is 0 Å². The molecule has 1 aromatic heterocycles. The van der Waals surface area contributed by atoms with Gasteiger partial charge in [-0.05, 0) is 18.8 Å². The Balaban J connectivity index is 2.19. The average Bonchev–Trinajstić information content (AvgIpc) is 2.90. The number of rotatable bonds is 4. The summed E-state index contributed by atoms with van der Waals surface area (Å²) in [5, 5.41) is 18.7. The van der Waals surface area contributed by atoms with Gasteiger partial charge >= 0.3 is 5.97 Å². The lowest BCUT2D eigenvalue weighted by molar-refractivity contribution is -0.148. The van der Waals surface area contributed by atoms with Crippen LogP contribution >= 0.6 is 0 Å². The third-order valence-electron chi connectivity index (χ3n) is 4.09. The Morgan fingerprint density at radius 1 is 1.50 bits per heavy atom. The molecule has 0 radical (unpaired) electrons. The summed E-state index contributed by atoms with van der Waals surface area (Å²) in [6.45, 7) is 3.76. The van der Waals surface area contributed by atoms with E-state index in [9.17, 15) is 14.7 Å². The minimum Gasteiger partial charge on any atom is -0.479 e. The summed E-state index contributed by atoms with van der Waals surface area (Å²) in [5.41, 5.74) is -1.21. The third-order valence-corrected chi connectivity index (χ3v) is 4.09. The molecule has 0 aromatic carbocycles. The van der Waals surface area contributed by atoms with E-state index in [0.29, 0.717) is 18.7 Å². The van der Waals surface area contributed by atoms with Crippen molar-refractivity contribution in [2.45, 2.75) is 51.5 Å². The quantitative estimate of drug-likeness (QED) is 0.766. The van der Waals surface area contributed by atoms with E-state index in [0.717, 1.165) is 19.3 Å². The van der Waals surface area contributed by atoms with E-state index in [1.54, 1.807) is 0 Å². The van der Waals surface area contributed by atoms with Crippen LogP contribution in [-0.4, -0.2) is 37.7 Å². The molecule has 0 aliphatic heterocycles. The lowest BCUT2D eigenvalue weighted by Crippen LogP contribution is -2.60. The van der Waals surface area contributed by atoms with E-state index in [2.05, 4.69) is 20.5 Å². The second-order valence-corrected chi connectivity index (χ2v) is 5.34. The molecule has 1 heterocycles. The first-order valence-electron chi connectivity index (χ1n) is 6.96. The number of hydrogen-bond donors (Lipinski definition) is 3. The molecule has 2 atom stereocenters. The molecule has 7 nitrogen and oxygen atoms in total. The Morgan fingerprint density at radius 3 is 2.80 bits per heavy atom. The summed E-state index contributed by atoms with van der Waals surface area (Å²) in [6.07, 6.45) is 3.67. The van der Waals surface area contributed by atoms with E-state index < -0.39 is 17.4 Å². The van der Waals surface area contributed by atoms with Crippen LogP contribution in [0.15, 0.2) is 0 Å². The van der Waals surface area contributed by atoms with Gasteiger partial charge in [0.25, 0.3) is 5.91 Å². The number of aromatic amines is 1. The van der Waals surface area contributed by atoms with Gasteiger partial charge in [0.2, 0.25) is 5.82 Å². The van der Waals surface area contributed by atoms with Crippen LogP contribution in [0, 0.1) is 5.92 Å². The van der Waals surface area contributed by atoms with Crippen molar-refractivity contribution < 1.29 is 14.7 Å². The fourth-order valence-corrected chi connectivity index (χ4v) is 2.72. The van der Waals surface area contributed by atoms with Crippen LogP contribution in [0.25, 0.3) is 0 Å². The van der Waals surface area contributed by atoms with Gasteiger partial charge in [0.15, 0.2) is 0 Å². The van der Waals surface area contributed by atoms with Crippen LogP contribution < -0.4 is 5.32 Å². The summed E-state index contributed by atoms with van der Waals surface area (Å²) in [7, 11) is 0. The number of hydrogen-bond acceptors (Lipinski definition) is 4. The number of aryl methyl sites for hydroxylation is 1. The highest BCUT2D eigenvalue weighted by Gasteiger charge is 2.46. The SMILES string of the molecule is CCc1nc(C(=O)NC2(C(=O)O)CCCCC2C)n[nH]1. The number of aliphatic carboxylic acids is 1. The highest BCUT2D eigenvalue weighted by Crippen LogP contribution is 2.34. The zero-order valence-electron chi connectivity index (χ0n) is 11.8. The van der Waals surface area contributed by atoms with Crippen molar-refractivity contribution in [2.75, 3.05) is 0 Å². The molecule has 1 fully saturated rings. The van der Waals surface area contributed by atoms with Gasteiger partial charge in [-0.3, -0.25) is 9.89 Å². The Bertz CT molecular complexity index is 513. The minimum atomic E-state index is -1.21. The predicted octanol–water partition coefficient (Wildman–Crippen LogP) is 1.13. The maximum Gasteiger partial charge on any atom is 0.329 e. The van der Waals surface area contributed by atoms with Gasteiger partial charge in [0, 0.05) is 6.42 Å². The van der Waals surface area contributed by atoms with Crippen LogP contribution in [0.3, 0.4) is 0 Å². The first-order valence-corrected chi connectivity index (χ1v) is 6.96. The topological polar surface area (TPSA) is 108 Å². The molecule has 2 unspecified atom stereocenters. The molecule has 7 heteroatoms. The molecule has 3 N–H and O–H groups in total. The second-order valence-electron chi connectivity index (χ2n) is 5.34. The molecule has 1 saturated carbocycles. The molecular formula is C13H20N4O3. The van der Waals surface area contributed by atoms with Crippen molar-refractivity contribution in [1.82, 2.24) is 20.5 Å². The summed E-state index contributed by atoms with van der Waals surface area (Å²) in [5.74, 6) is -1.01. The fourth-order valence-electron chi connectivity index (χ4n) is 2.72. The van der Waals surface area contributed by atoms with E-state index in [1.165, 1.54) is 0 Å². The Hall–Kier alpha value is -1.92. The van der Waals surface area contributed by atoms with Crippen molar-refractivity contribution in [3.05, 3.63) is 11.6 Å². The first kappa shape index (κ1) is 14.5. The van der Waals surface area contributed by atoms with Crippen LogP contribution in [0.4, 0.5) is 0 Å². The monoisotopic (exact) mass is 280 g/mol. The Morgan fingerprint density at radius 2 is 2.25 bits per heavy atom. The van der Waals surface area contributed by atoms with Gasteiger partial charge in [0.05, 0.1) is 0 Å². The van der Waals surface area contributed by atoms with Crippen LogP contribution in [-0.2, 0) is 11.2 Å². The normalized spacial score (nSPS) is 26.2. The molecule has 1 amide bonds. The van der Waals surface area contributed by atoms with Crippen molar-refractivity contribution >= 4 is 11.9 Å². The number of carboxylic acid groups (broad SMARTS) is 1. The van der Waals surface area contributed by atoms with Crippen LogP contribution in [0.5, 0.6) is 0 Å². The number of nitrogens with one attached hydrogen (secondary N) is 2. The van der Waals surface area contributed by atoms with Crippen LogP contribution in [0.2, 0.25) is 0 Å². The van der Waals surface area contributed by atoms with Gasteiger partial charge in [-0.1, -0.05) is 26.7 Å². The van der Waals surface area contributed by atoms with Crippen molar-refractivity contribution in [3.63, 3.8) is 0 Å². The number of nitrogens with zero attached hydrogens (tertiary/aromatic N) is 2. The highest BCUT2D eigenvalue weighted by molar-refractivity contribution is 5.95. The highest BCUT2D eigenvalue weighted by atomic mass is 16.4. The number of carboxylic acids is 1. The molecule has 0 spiro atoms. The zero-order chi connectivity index (χ0) is 14.8. The maximum absolute atomic E-state index is 12.2. The number of aromatic nitrogens is 3. The minimum absolute atomic E-state index is 0.000230. The molecule has 2 rings (SSSR count). The molecule has 0 bridgehead atoms. The van der Waals surface area contributed by atoms with Gasteiger partial charge in [-0.25, -0.2) is 9.78 Å². The first-order chi connectivity index (χ1) is 9.49. The standard InChI is InChI=1S/C13H20N4O3/c1-3-9-14-10(17-16-9)11(18)15-13(12(19)20)7-5-4-6-8(13)2/h8H,3-7H2,1-2H3,(H,15,18)(H,19,20)(H,14,16,17). The van der Waals surface area contributed by atoms with Crippen molar-refractivity contribution in [2.24, 2.45) is 5.92 Å². The number of carbonyl (C=O) groups is 2. The summed E-state index contributed by atoms with van der Waals surface area (Å²) in [6, 6.07) is 0. The summed E-state index contributed by atoms with van der Waals surface area (Å²) >= 11 is 0. The van der Waals surface area contributed by atoms with Crippen molar-refractivity contribution in [3.8, 4) is 0 Å². The second kappa shape index (κ2) is 5.60. The van der Waals surface area contributed by atoms with Gasteiger partial charge in [-0.15, -0.1) is 5.10 Å². The number of carbonyl (C=O) groups excluding carboxylic acids is 1. The maximum atomic E-state index is 12.2. The Labute approximate surface area is 117 Å². The molecular weight excluding hydrogens is 260 g/mol. The molecule has 1 aliphatic carbocycles. The third kappa shape index (κ3) is 2.52. The van der Waals surface area contributed by atoms with E-state index in [1.807, 2.05) is 13.8 Å². The molecule has 1 aromatic rings. The fraction of sp³-hybridized carbons (Fsp3) is 0.692. The molecule has 0 saturated heterocycles. The lowest BCUT2D eigenvalue weighted by Gasteiger charge is -2.39. The van der Waals surface area contributed by atoms with Crippen molar-refractivity contribution in [1.29, 1.82) is 0 Å².